The highest BCUT2D eigenvalue weighted by Crippen LogP contribution is 2.30. The van der Waals surface area contributed by atoms with Crippen molar-refractivity contribution in [2.75, 3.05) is 24.7 Å². The van der Waals surface area contributed by atoms with E-state index >= 15 is 0 Å². The summed E-state index contributed by atoms with van der Waals surface area (Å²) in [5.74, 6) is 0.901. The largest absolute Gasteiger partial charge is 0.377 e. The maximum Gasteiger partial charge on any atom is 0.162 e. The van der Waals surface area contributed by atoms with Crippen molar-refractivity contribution >= 4 is 11.5 Å². The molecule has 0 aromatic carbocycles. The van der Waals surface area contributed by atoms with Gasteiger partial charge in [0.2, 0.25) is 0 Å². The molecule has 0 bridgehead atoms. The van der Waals surface area contributed by atoms with Gasteiger partial charge in [-0.25, -0.2) is 9.50 Å². The Kier molecular flexibility index (Phi) is 4.05. The molecule has 8 heteroatoms. The molecule has 1 aliphatic rings. The molecule has 0 spiro atoms. The number of H-pyrrole nitrogens is 1. The summed E-state index contributed by atoms with van der Waals surface area (Å²) < 4.78 is 7.49. The lowest BCUT2D eigenvalue weighted by atomic mass is 10.1. The molecule has 0 aliphatic carbocycles. The Balaban J connectivity index is 1.74. The number of imidazole rings is 1. The van der Waals surface area contributed by atoms with Gasteiger partial charge in [0.25, 0.3) is 0 Å². The molecule has 5 heterocycles. The van der Waals surface area contributed by atoms with Crippen LogP contribution in [-0.4, -0.2) is 55.6 Å². The first-order valence-corrected chi connectivity index (χ1v) is 9.36. The Labute approximate surface area is 162 Å². The average molecular weight is 375 g/mol. The molecule has 28 heavy (non-hydrogen) atoms. The number of aromatic nitrogens is 6. The molecule has 0 saturated carbocycles. The fraction of sp³-hybridized carbons (Fsp3) is 0.300. The van der Waals surface area contributed by atoms with Crippen molar-refractivity contribution in [1.29, 1.82) is 0 Å². The minimum atomic E-state index is 0.252. The predicted molar refractivity (Wildman–Crippen MR) is 106 cm³/mol. The third kappa shape index (κ3) is 2.82. The number of ether oxygens (including phenoxy) is 1. The van der Waals surface area contributed by atoms with Gasteiger partial charge in [0.05, 0.1) is 31.1 Å². The first-order chi connectivity index (χ1) is 13.7. The Morgan fingerprint density at radius 3 is 2.86 bits per heavy atom. The number of hydrogen-bond acceptors (Lipinski definition) is 6. The van der Waals surface area contributed by atoms with Crippen LogP contribution < -0.4 is 4.90 Å². The Hall–Kier alpha value is -3.26. The molecule has 5 rings (SSSR count). The highest BCUT2D eigenvalue weighted by Gasteiger charge is 2.23. The smallest absolute Gasteiger partial charge is 0.162 e. The fourth-order valence-corrected chi connectivity index (χ4v) is 3.59. The van der Waals surface area contributed by atoms with Crippen molar-refractivity contribution in [2.45, 2.75) is 19.9 Å². The number of nitrogens with one attached hydrogen (secondary N) is 1. The van der Waals surface area contributed by atoms with E-state index in [2.05, 4.69) is 44.1 Å². The third-order valence-corrected chi connectivity index (χ3v) is 5.12. The summed E-state index contributed by atoms with van der Waals surface area (Å²) in [4.78, 5) is 11.4. The van der Waals surface area contributed by atoms with Crippen LogP contribution in [0.15, 0.2) is 42.9 Å². The zero-order valence-electron chi connectivity index (χ0n) is 15.8. The number of pyridine rings is 1. The molecule has 0 unspecified atom stereocenters. The van der Waals surface area contributed by atoms with Crippen LogP contribution in [0.5, 0.6) is 0 Å². The highest BCUT2D eigenvalue weighted by atomic mass is 16.5. The van der Waals surface area contributed by atoms with Crippen LogP contribution in [0, 0.1) is 6.92 Å². The van der Waals surface area contributed by atoms with Crippen molar-refractivity contribution in [3.63, 3.8) is 0 Å². The normalized spacial score (nSPS) is 17.4. The van der Waals surface area contributed by atoms with Crippen LogP contribution in [0.4, 0.5) is 5.82 Å². The summed E-state index contributed by atoms with van der Waals surface area (Å²) in [6, 6.07) is 8.37. The molecule has 142 valence electrons. The van der Waals surface area contributed by atoms with Crippen molar-refractivity contribution in [3.8, 4) is 22.5 Å². The lowest BCUT2D eigenvalue weighted by molar-refractivity contribution is 0.0984. The topological polar surface area (TPSA) is 84.2 Å². The molecule has 1 N–H and O–H groups in total. The predicted octanol–water partition coefficient (Wildman–Crippen LogP) is 2.71. The molecule has 1 aliphatic heterocycles. The van der Waals surface area contributed by atoms with Gasteiger partial charge in [-0.1, -0.05) is 6.07 Å². The molecule has 1 atom stereocenters. The quantitative estimate of drug-likeness (QED) is 0.593. The summed E-state index contributed by atoms with van der Waals surface area (Å²) in [5, 5.41) is 12.0. The molecule has 1 saturated heterocycles. The number of aryl methyl sites for hydroxylation is 1. The second-order valence-corrected chi connectivity index (χ2v) is 7.07. The van der Waals surface area contributed by atoms with Crippen molar-refractivity contribution in [2.24, 2.45) is 0 Å². The number of anilines is 1. The maximum absolute atomic E-state index is 5.60. The summed E-state index contributed by atoms with van der Waals surface area (Å²) in [7, 11) is 0. The van der Waals surface area contributed by atoms with E-state index in [1.165, 1.54) is 0 Å². The zero-order valence-corrected chi connectivity index (χ0v) is 15.8. The molecule has 1 fully saturated rings. The minimum absolute atomic E-state index is 0.252. The standard InChI is InChI=1S/C20H21N7O/c1-13-3-4-15(10-21-13)16-9-19(26-7-8-28-12-14(26)2)25-27-18(11-22-20(16)27)17-5-6-23-24-17/h3-6,9-11,14H,7-8,12H2,1-2H3,(H,23,24)/t14-/m1/s1. The monoisotopic (exact) mass is 375 g/mol. The van der Waals surface area contributed by atoms with Gasteiger partial charge in [-0.3, -0.25) is 10.1 Å². The van der Waals surface area contributed by atoms with E-state index in [9.17, 15) is 0 Å². The van der Waals surface area contributed by atoms with Gasteiger partial charge in [0.15, 0.2) is 11.5 Å². The molecule has 4 aromatic rings. The lowest BCUT2D eigenvalue weighted by Gasteiger charge is -2.34. The van der Waals surface area contributed by atoms with Crippen molar-refractivity contribution in [3.05, 3.63) is 48.5 Å². The van der Waals surface area contributed by atoms with Crippen molar-refractivity contribution in [1.82, 2.24) is 29.8 Å². The lowest BCUT2D eigenvalue weighted by Crippen LogP contribution is -2.44. The van der Waals surface area contributed by atoms with Crippen LogP contribution in [0.3, 0.4) is 0 Å². The maximum atomic E-state index is 5.60. The number of fused-ring (bicyclic) bond motifs is 1. The van der Waals surface area contributed by atoms with E-state index in [4.69, 9.17) is 9.84 Å². The third-order valence-electron chi connectivity index (χ3n) is 5.12. The van der Waals surface area contributed by atoms with E-state index in [1.807, 2.05) is 36.0 Å². The molecule has 0 radical (unpaired) electrons. The fourth-order valence-electron chi connectivity index (χ4n) is 3.59. The second kappa shape index (κ2) is 6.72. The number of nitrogens with zero attached hydrogens (tertiary/aromatic N) is 6. The zero-order chi connectivity index (χ0) is 19.1. The van der Waals surface area contributed by atoms with E-state index in [1.54, 1.807) is 6.20 Å². The van der Waals surface area contributed by atoms with Gasteiger partial charge in [-0.05, 0) is 32.0 Å². The van der Waals surface area contributed by atoms with Gasteiger partial charge in [0, 0.05) is 35.8 Å². The molecule has 4 aromatic heterocycles. The highest BCUT2D eigenvalue weighted by molar-refractivity contribution is 5.81. The summed E-state index contributed by atoms with van der Waals surface area (Å²) >= 11 is 0. The van der Waals surface area contributed by atoms with E-state index < -0.39 is 0 Å². The van der Waals surface area contributed by atoms with Crippen molar-refractivity contribution < 1.29 is 4.74 Å². The first kappa shape index (κ1) is 16.9. The van der Waals surface area contributed by atoms with E-state index in [-0.39, 0.29) is 6.04 Å². The molecular formula is C20H21N7O. The van der Waals surface area contributed by atoms with Crippen LogP contribution in [0.1, 0.15) is 12.6 Å². The number of aromatic amines is 1. The SMILES string of the molecule is Cc1ccc(-c2cc(N3CCOC[C@H]3C)nn3c(-c4ccn[nH]4)cnc23)cn1. The molecule has 0 amide bonds. The summed E-state index contributed by atoms with van der Waals surface area (Å²) in [5.41, 5.74) is 5.54. The van der Waals surface area contributed by atoms with E-state index in [0.717, 1.165) is 46.2 Å². The van der Waals surface area contributed by atoms with Gasteiger partial charge in [-0.2, -0.15) is 5.10 Å². The van der Waals surface area contributed by atoms with Gasteiger partial charge < -0.3 is 9.64 Å². The Morgan fingerprint density at radius 1 is 1.18 bits per heavy atom. The number of hydrogen-bond donors (Lipinski definition) is 1. The number of rotatable bonds is 3. The van der Waals surface area contributed by atoms with Crippen LogP contribution in [0.2, 0.25) is 0 Å². The van der Waals surface area contributed by atoms with E-state index in [0.29, 0.717) is 13.2 Å². The van der Waals surface area contributed by atoms with Crippen LogP contribution in [-0.2, 0) is 4.74 Å². The van der Waals surface area contributed by atoms with Crippen LogP contribution >= 0.6 is 0 Å². The van der Waals surface area contributed by atoms with Gasteiger partial charge >= 0.3 is 0 Å². The summed E-state index contributed by atoms with van der Waals surface area (Å²) in [6.45, 7) is 6.33. The molecule has 8 nitrogen and oxygen atoms in total. The van der Waals surface area contributed by atoms with Gasteiger partial charge in [-0.15, -0.1) is 5.10 Å². The van der Waals surface area contributed by atoms with Gasteiger partial charge in [0.1, 0.15) is 5.69 Å². The average Bonchev–Trinajstić information content (AvgIpc) is 3.38. The summed E-state index contributed by atoms with van der Waals surface area (Å²) in [6.07, 6.45) is 5.45. The second-order valence-electron chi connectivity index (χ2n) is 7.07. The molecular weight excluding hydrogens is 354 g/mol. The Morgan fingerprint density at radius 2 is 2.11 bits per heavy atom. The Bertz CT molecular complexity index is 1100. The minimum Gasteiger partial charge on any atom is -0.377 e. The van der Waals surface area contributed by atoms with Crippen LogP contribution in [0.25, 0.3) is 28.2 Å². The first-order valence-electron chi connectivity index (χ1n) is 9.36. The number of morpholine rings is 1.